The first-order chi connectivity index (χ1) is 10.2. The van der Waals surface area contributed by atoms with Crippen LogP contribution in [0.2, 0.25) is 0 Å². The summed E-state index contributed by atoms with van der Waals surface area (Å²) in [4.78, 5) is 13.6. The molecule has 0 N–H and O–H groups in total. The van der Waals surface area contributed by atoms with Crippen LogP contribution >= 0.6 is 0 Å². The molecule has 1 spiro atoms. The van der Waals surface area contributed by atoms with Crippen LogP contribution in [-0.4, -0.2) is 30.9 Å². The number of anilines is 1. The first-order valence-electron chi connectivity index (χ1n) is 7.21. The standard InChI is InChI=1S/C16H17NO4/c1-11(18)21-15-8-16-10-20-14-5-3-2-4-13(14)17(16)7-6-12(16)9-19-15/h2-5,9,15H,6-8,10H2,1H3. The largest absolute Gasteiger partial charge is 0.489 e. The van der Waals surface area contributed by atoms with Gasteiger partial charge in [0.15, 0.2) is 0 Å². The minimum Gasteiger partial charge on any atom is -0.489 e. The van der Waals surface area contributed by atoms with Crippen molar-refractivity contribution >= 4 is 11.7 Å². The smallest absolute Gasteiger partial charge is 0.305 e. The highest BCUT2D eigenvalue weighted by Gasteiger charge is 2.53. The van der Waals surface area contributed by atoms with Gasteiger partial charge in [-0.1, -0.05) is 12.1 Å². The van der Waals surface area contributed by atoms with E-state index in [0.29, 0.717) is 13.0 Å². The second kappa shape index (κ2) is 4.41. The van der Waals surface area contributed by atoms with Crippen LogP contribution in [0.5, 0.6) is 5.75 Å². The number of nitrogens with zero attached hydrogens (tertiary/aromatic N) is 1. The molecule has 3 heterocycles. The number of rotatable bonds is 1. The molecule has 110 valence electrons. The molecule has 0 aliphatic carbocycles. The molecule has 4 rings (SSSR count). The second-order valence-electron chi connectivity index (χ2n) is 5.71. The normalized spacial score (nSPS) is 29.3. The summed E-state index contributed by atoms with van der Waals surface area (Å²) in [6.07, 6.45) is 2.77. The molecule has 1 saturated heterocycles. The zero-order valence-corrected chi connectivity index (χ0v) is 11.9. The third kappa shape index (κ3) is 1.80. The number of esters is 1. The summed E-state index contributed by atoms with van der Waals surface area (Å²) in [6, 6.07) is 8.07. The fourth-order valence-electron chi connectivity index (χ4n) is 3.58. The van der Waals surface area contributed by atoms with E-state index in [1.807, 2.05) is 18.2 Å². The quantitative estimate of drug-likeness (QED) is 0.741. The highest BCUT2D eigenvalue weighted by Crippen LogP contribution is 2.49. The summed E-state index contributed by atoms with van der Waals surface area (Å²) in [5.41, 5.74) is 2.09. The molecule has 1 fully saturated rings. The maximum atomic E-state index is 11.2. The van der Waals surface area contributed by atoms with Crippen molar-refractivity contribution in [1.29, 1.82) is 0 Å². The summed E-state index contributed by atoms with van der Waals surface area (Å²) in [5, 5.41) is 0. The van der Waals surface area contributed by atoms with Crippen LogP contribution in [0.15, 0.2) is 36.1 Å². The van der Waals surface area contributed by atoms with Gasteiger partial charge in [-0.2, -0.15) is 0 Å². The van der Waals surface area contributed by atoms with E-state index in [1.54, 1.807) is 6.26 Å². The monoisotopic (exact) mass is 287 g/mol. The molecule has 0 aromatic heterocycles. The molecule has 1 aromatic carbocycles. The van der Waals surface area contributed by atoms with E-state index >= 15 is 0 Å². The molecule has 0 bridgehead atoms. The number of para-hydroxylation sites is 2. The molecular weight excluding hydrogens is 270 g/mol. The Balaban J connectivity index is 1.72. The van der Waals surface area contributed by atoms with Crippen molar-refractivity contribution in [3.63, 3.8) is 0 Å². The van der Waals surface area contributed by atoms with Crippen LogP contribution < -0.4 is 9.64 Å². The molecule has 2 atom stereocenters. The number of fused-ring (bicyclic) bond motifs is 2. The molecule has 2 unspecified atom stereocenters. The van der Waals surface area contributed by atoms with Crippen molar-refractivity contribution in [1.82, 2.24) is 0 Å². The van der Waals surface area contributed by atoms with Crippen molar-refractivity contribution in [2.24, 2.45) is 0 Å². The van der Waals surface area contributed by atoms with Crippen molar-refractivity contribution in [3.8, 4) is 5.75 Å². The molecule has 3 aliphatic heterocycles. The van der Waals surface area contributed by atoms with Crippen LogP contribution in [0.4, 0.5) is 5.69 Å². The third-order valence-electron chi connectivity index (χ3n) is 4.51. The molecule has 0 radical (unpaired) electrons. The van der Waals surface area contributed by atoms with Gasteiger partial charge in [-0.3, -0.25) is 4.79 Å². The van der Waals surface area contributed by atoms with Gasteiger partial charge in [0, 0.05) is 13.5 Å². The maximum Gasteiger partial charge on any atom is 0.305 e. The van der Waals surface area contributed by atoms with E-state index in [2.05, 4.69) is 11.0 Å². The highest BCUT2D eigenvalue weighted by atomic mass is 16.7. The van der Waals surface area contributed by atoms with E-state index in [-0.39, 0.29) is 11.5 Å². The molecule has 21 heavy (non-hydrogen) atoms. The number of carbonyl (C=O) groups is 1. The Morgan fingerprint density at radius 2 is 2.29 bits per heavy atom. The summed E-state index contributed by atoms with van der Waals surface area (Å²) >= 11 is 0. The van der Waals surface area contributed by atoms with Gasteiger partial charge in [-0.15, -0.1) is 0 Å². The van der Waals surface area contributed by atoms with E-state index in [4.69, 9.17) is 14.2 Å². The fraction of sp³-hybridized carbons (Fsp3) is 0.438. The molecule has 1 aromatic rings. The topological polar surface area (TPSA) is 48.0 Å². The van der Waals surface area contributed by atoms with Crippen LogP contribution in [0.1, 0.15) is 19.8 Å². The van der Waals surface area contributed by atoms with Gasteiger partial charge in [0.2, 0.25) is 6.29 Å². The number of hydrogen-bond acceptors (Lipinski definition) is 5. The van der Waals surface area contributed by atoms with Crippen molar-refractivity contribution in [2.75, 3.05) is 18.1 Å². The lowest BCUT2D eigenvalue weighted by molar-refractivity contribution is -0.172. The van der Waals surface area contributed by atoms with Gasteiger partial charge in [0.1, 0.15) is 17.9 Å². The van der Waals surface area contributed by atoms with E-state index in [9.17, 15) is 4.79 Å². The molecule has 3 aliphatic rings. The summed E-state index contributed by atoms with van der Waals surface area (Å²) in [7, 11) is 0. The Morgan fingerprint density at radius 1 is 1.43 bits per heavy atom. The van der Waals surface area contributed by atoms with Gasteiger partial charge >= 0.3 is 5.97 Å². The lowest BCUT2D eigenvalue weighted by Gasteiger charge is -2.47. The van der Waals surface area contributed by atoms with Crippen molar-refractivity contribution < 1.29 is 19.0 Å². The Labute approximate surface area is 123 Å². The average molecular weight is 287 g/mol. The van der Waals surface area contributed by atoms with Crippen molar-refractivity contribution in [2.45, 2.75) is 31.6 Å². The van der Waals surface area contributed by atoms with E-state index in [1.165, 1.54) is 12.5 Å². The first kappa shape index (κ1) is 12.6. The number of ether oxygens (including phenoxy) is 3. The molecule has 5 heteroatoms. The predicted octanol–water partition coefficient (Wildman–Crippen LogP) is 2.22. The Hall–Kier alpha value is -2.17. The van der Waals surface area contributed by atoms with Gasteiger partial charge in [-0.25, -0.2) is 0 Å². The minimum atomic E-state index is -0.541. The van der Waals surface area contributed by atoms with Crippen molar-refractivity contribution in [3.05, 3.63) is 36.1 Å². The summed E-state index contributed by atoms with van der Waals surface area (Å²) in [6.45, 7) is 2.90. The third-order valence-corrected chi connectivity index (χ3v) is 4.51. The maximum absolute atomic E-state index is 11.2. The summed E-state index contributed by atoms with van der Waals surface area (Å²) < 4.78 is 16.8. The lowest BCUT2D eigenvalue weighted by atomic mass is 9.85. The number of benzene rings is 1. The first-order valence-corrected chi connectivity index (χ1v) is 7.21. The number of carbonyl (C=O) groups excluding carboxylic acids is 1. The van der Waals surface area contributed by atoms with Crippen LogP contribution in [0.25, 0.3) is 0 Å². The Kier molecular flexibility index (Phi) is 2.64. The molecular formula is C16H17NO4. The summed E-state index contributed by atoms with van der Waals surface area (Å²) in [5.74, 6) is 0.592. The van der Waals surface area contributed by atoms with Crippen LogP contribution in [-0.2, 0) is 14.3 Å². The van der Waals surface area contributed by atoms with E-state index in [0.717, 1.165) is 24.4 Å². The van der Waals surface area contributed by atoms with Gasteiger partial charge in [-0.05, 0) is 24.1 Å². The zero-order chi connectivity index (χ0) is 14.4. The average Bonchev–Trinajstić information content (AvgIpc) is 2.85. The van der Waals surface area contributed by atoms with Gasteiger partial charge < -0.3 is 19.1 Å². The zero-order valence-electron chi connectivity index (χ0n) is 11.9. The molecule has 0 amide bonds. The highest BCUT2D eigenvalue weighted by molar-refractivity contribution is 5.67. The predicted molar refractivity (Wildman–Crippen MR) is 76.0 cm³/mol. The van der Waals surface area contributed by atoms with Crippen LogP contribution in [0, 0.1) is 0 Å². The molecule has 0 saturated carbocycles. The van der Waals surface area contributed by atoms with Gasteiger partial charge in [0.25, 0.3) is 0 Å². The minimum absolute atomic E-state index is 0.243. The SMILES string of the molecule is CC(=O)OC1CC23COc4ccccc4N2CCC3=CO1. The molecule has 5 nitrogen and oxygen atoms in total. The fourth-order valence-corrected chi connectivity index (χ4v) is 3.58. The Morgan fingerprint density at radius 3 is 3.14 bits per heavy atom. The van der Waals surface area contributed by atoms with E-state index < -0.39 is 6.29 Å². The Bertz CT molecular complexity index is 626. The lowest BCUT2D eigenvalue weighted by Crippen LogP contribution is -2.56. The van der Waals surface area contributed by atoms with Gasteiger partial charge in [0.05, 0.1) is 18.4 Å². The number of hydrogen-bond donors (Lipinski definition) is 0. The van der Waals surface area contributed by atoms with Crippen LogP contribution in [0.3, 0.4) is 0 Å². The second-order valence-corrected chi connectivity index (χ2v) is 5.71.